The summed E-state index contributed by atoms with van der Waals surface area (Å²) in [7, 11) is 0. The lowest BCUT2D eigenvalue weighted by Crippen LogP contribution is -2.12. The van der Waals surface area contributed by atoms with Gasteiger partial charge in [0.15, 0.2) is 0 Å². The molecule has 4 nitrogen and oxygen atoms in total. The Labute approximate surface area is 112 Å². The zero-order valence-corrected chi connectivity index (χ0v) is 11.3. The van der Waals surface area contributed by atoms with E-state index in [0.717, 1.165) is 0 Å². The van der Waals surface area contributed by atoms with Gasteiger partial charge in [0, 0.05) is 5.33 Å². The molecule has 2 N–H and O–H groups in total. The van der Waals surface area contributed by atoms with Crippen LogP contribution in [-0.2, 0) is 21.3 Å². The first-order chi connectivity index (χ1) is 8.49. The predicted molar refractivity (Wildman–Crippen MR) is 66.6 cm³/mol. The number of halogens is 3. The summed E-state index contributed by atoms with van der Waals surface area (Å²) < 4.78 is 30.0. The van der Waals surface area contributed by atoms with Crippen molar-refractivity contribution in [3.8, 4) is 0 Å². The Morgan fingerprint density at radius 1 is 1.61 bits per heavy atom. The molecule has 0 amide bonds. The predicted octanol–water partition coefficient (Wildman–Crippen LogP) is 2.60. The summed E-state index contributed by atoms with van der Waals surface area (Å²) in [6, 6.07) is 1.35. The van der Waals surface area contributed by atoms with E-state index in [1.807, 2.05) is 0 Å². The number of carbonyl (C=O) groups is 1. The summed E-state index contributed by atoms with van der Waals surface area (Å²) in [5, 5.41) is 0.266. The van der Waals surface area contributed by atoms with Crippen LogP contribution < -0.4 is 5.73 Å². The van der Waals surface area contributed by atoms with Crippen LogP contribution in [0.15, 0.2) is 6.07 Å². The van der Waals surface area contributed by atoms with Gasteiger partial charge >= 0.3 is 5.97 Å². The summed E-state index contributed by atoms with van der Waals surface area (Å²) in [6.45, 7) is 1.95. The SMILES string of the molecule is CCOC(=O)Cc1cc(N)c(C(F)F)nc1CBr. The van der Waals surface area contributed by atoms with Gasteiger partial charge in [0.1, 0.15) is 5.69 Å². The molecular weight excluding hydrogens is 310 g/mol. The number of nitrogens with two attached hydrogens (primary N) is 1. The maximum Gasteiger partial charge on any atom is 0.310 e. The smallest absolute Gasteiger partial charge is 0.310 e. The van der Waals surface area contributed by atoms with E-state index >= 15 is 0 Å². The van der Waals surface area contributed by atoms with E-state index < -0.39 is 18.1 Å². The molecule has 18 heavy (non-hydrogen) atoms. The second kappa shape index (κ2) is 6.63. The van der Waals surface area contributed by atoms with Gasteiger partial charge in [-0.05, 0) is 18.6 Å². The minimum atomic E-state index is -2.74. The van der Waals surface area contributed by atoms with Crippen LogP contribution in [0.5, 0.6) is 0 Å². The topological polar surface area (TPSA) is 65.2 Å². The Balaban J connectivity index is 3.05. The highest BCUT2D eigenvalue weighted by Crippen LogP contribution is 2.26. The minimum Gasteiger partial charge on any atom is -0.466 e. The maximum absolute atomic E-state index is 12.6. The number of esters is 1. The van der Waals surface area contributed by atoms with Gasteiger partial charge in [-0.2, -0.15) is 0 Å². The van der Waals surface area contributed by atoms with Crippen LogP contribution in [0, 0.1) is 0 Å². The highest BCUT2D eigenvalue weighted by Gasteiger charge is 2.18. The van der Waals surface area contributed by atoms with E-state index in [1.165, 1.54) is 6.07 Å². The Kier molecular flexibility index (Phi) is 5.46. The van der Waals surface area contributed by atoms with Crippen molar-refractivity contribution in [3.05, 3.63) is 23.0 Å². The fourth-order valence-corrected chi connectivity index (χ4v) is 1.92. The van der Waals surface area contributed by atoms with Gasteiger partial charge in [0.05, 0.1) is 24.4 Å². The van der Waals surface area contributed by atoms with Crippen LogP contribution in [0.25, 0.3) is 0 Å². The molecule has 1 rings (SSSR count). The van der Waals surface area contributed by atoms with Gasteiger partial charge in [0.25, 0.3) is 6.43 Å². The average molecular weight is 323 g/mol. The Bertz CT molecular complexity index is 441. The average Bonchev–Trinajstić information content (AvgIpc) is 2.29. The Morgan fingerprint density at radius 3 is 2.78 bits per heavy atom. The molecule has 0 unspecified atom stereocenters. The number of alkyl halides is 3. The van der Waals surface area contributed by atoms with Crippen LogP contribution in [0.4, 0.5) is 14.5 Å². The summed E-state index contributed by atoms with van der Waals surface area (Å²) in [5.74, 6) is -0.439. The van der Waals surface area contributed by atoms with Crippen LogP contribution in [-0.4, -0.2) is 17.6 Å². The number of anilines is 1. The Morgan fingerprint density at radius 2 is 2.28 bits per heavy atom. The van der Waals surface area contributed by atoms with Crippen molar-refractivity contribution in [1.82, 2.24) is 4.98 Å². The van der Waals surface area contributed by atoms with Gasteiger partial charge < -0.3 is 10.5 Å². The molecule has 0 saturated carbocycles. The molecule has 0 aromatic carbocycles. The molecule has 0 spiro atoms. The molecule has 1 aromatic rings. The molecule has 0 aliphatic heterocycles. The number of hydrogen-bond donors (Lipinski definition) is 1. The minimum absolute atomic E-state index is 0.0323. The number of nitrogens with zero attached hydrogens (tertiary/aromatic N) is 1. The van der Waals surface area contributed by atoms with Crippen LogP contribution in [0.3, 0.4) is 0 Å². The first-order valence-corrected chi connectivity index (χ1v) is 6.39. The van der Waals surface area contributed by atoms with Crippen LogP contribution >= 0.6 is 15.9 Å². The molecule has 0 saturated heterocycles. The van der Waals surface area contributed by atoms with Crippen molar-refractivity contribution >= 4 is 27.6 Å². The molecule has 0 fully saturated rings. The van der Waals surface area contributed by atoms with Crippen molar-refractivity contribution in [2.45, 2.75) is 25.1 Å². The molecule has 1 heterocycles. The lowest BCUT2D eigenvalue weighted by Gasteiger charge is -2.11. The number of pyridine rings is 1. The third-order valence-electron chi connectivity index (χ3n) is 2.22. The van der Waals surface area contributed by atoms with Crippen LogP contribution in [0.2, 0.25) is 0 Å². The zero-order valence-electron chi connectivity index (χ0n) is 9.75. The van der Waals surface area contributed by atoms with E-state index in [9.17, 15) is 13.6 Å². The third-order valence-corrected chi connectivity index (χ3v) is 2.76. The largest absolute Gasteiger partial charge is 0.466 e. The van der Waals surface area contributed by atoms with Crippen molar-refractivity contribution in [2.24, 2.45) is 0 Å². The fraction of sp³-hybridized carbons (Fsp3) is 0.455. The molecule has 1 aromatic heterocycles. The summed E-state index contributed by atoms with van der Waals surface area (Å²) >= 11 is 3.14. The highest BCUT2D eigenvalue weighted by atomic mass is 79.9. The molecular formula is C11H13BrF2N2O2. The summed E-state index contributed by atoms with van der Waals surface area (Å²) in [6.07, 6.45) is -2.77. The first-order valence-electron chi connectivity index (χ1n) is 5.27. The van der Waals surface area contributed by atoms with Gasteiger partial charge in [-0.25, -0.2) is 13.8 Å². The van der Waals surface area contributed by atoms with E-state index in [4.69, 9.17) is 10.5 Å². The van der Waals surface area contributed by atoms with Crippen LogP contribution in [0.1, 0.15) is 30.3 Å². The van der Waals surface area contributed by atoms with Crippen molar-refractivity contribution in [3.63, 3.8) is 0 Å². The lowest BCUT2D eigenvalue weighted by atomic mass is 10.1. The second-order valence-electron chi connectivity index (χ2n) is 3.48. The molecule has 0 aliphatic rings. The number of carbonyl (C=O) groups excluding carboxylic acids is 1. The third kappa shape index (κ3) is 3.63. The summed E-state index contributed by atoms with van der Waals surface area (Å²) in [4.78, 5) is 15.1. The van der Waals surface area contributed by atoms with Crippen molar-refractivity contribution < 1.29 is 18.3 Å². The molecule has 100 valence electrons. The molecule has 0 bridgehead atoms. The number of nitrogen functional groups attached to an aromatic ring is 1. The van der Waals surface area contributed by atoms with E-state index in [2.05, 4.69) is 20.9 Å². The number of ether oxygens (including phenoxy) is 1. The number of aromatic nitrogens is 1. The van der Waals surface area contributed by atoms with Crippen molar-refractivity contribution in [1.29, 1.82) is 0 Å². The summed E-state index contributed by atoms with van der Waals surface area (Å²) in [5.41, 5.74) is 5.77. The fourth-order valence-electron chi connectivity index (χ4n) is 1.44. The first kappa shape index (κ1) is 14.8. The normalized spacial score (nSPS) is 10.7. The number of rotatable bonds is 5. The molecule has 7 heteroatoms. The van der Waals surface area contributed by atoms with E-state index in [0.29, 0.717) is 11.3 Å². The zero-order chi connectivity index (χ0) is 13.7. The van der Waals surface area contributed by atoms with Gasteiger partial charge in [-0.1, -0.05) is 15.9 Å². The molecule has 0 radical (unpaired) electrons. The maximum atomic E-state index is 12.6. The monoisotopic (exact) mass is 322 g/mol. The lowest BCUT2D eigenvalue weighted by molar-refractivity contribution is -0.142. The Hall–Kier alpha value is -1.24. The quantitative estimate of drug-likeness (QED) is 0.668. The van der Waals surface area contributed by atoms with E-state index in [-0.39, 0.29) is 24.0 Å². The standard InChI is InChI=1S/C11H13BrF2N2O2/c1-2-18-9(17)4-6-3-7(15)10(11(13)14)16-8(6)5-12/h3,11H,2,4-5,15H2,1H3. The van der Waals surface area contributed by atoms with Gasteiger partial charge in [0.2, 0.25) is 0 Å². The highest BCUT2D eigenvalue weighted by molar-refractivity contribution is 9.08. The van der Waals surface area contributed by atoms with Crippen molar-refractivity contribution in [2.75, 3.05) is 12.3 Å². The van der Waals surface area contributed by atoms with Gasteiger partial charge in [-0.15, -0.1) is 0 Å². The number of hydrogen-bond acceptors (Lipinski definition) is 4. The van der Waals surface area contributed by atoms with Gasteiger partial charge in [-0.3, -0.25) is 4.79 Å². The molecule has 0 atom stereocenters. The van der Waals surface area contributed by atoms with E-state index in [1.54, 1.807) is 6.92 Å². The second-order valence-corrected chi connectivity index (χ2v) is 4.05. The molecule has 0 aliphatic carbocycles.